The van der Waals surface area contributed by atoms with E-state index in [2.05, 4.69) is 78.7 Å². The van der Waals surface area contributed by atoms with Crippen molar-refractivity contribution in [2.45, 2.75) is 103 Å². The number of nitrogens with zero attached hydrogens (tertiary/aromatic N) is 2. The van der Waals surface area contributed by atoms with Crippen LogP contribution in [0.5, 0.6) is 0 Å². The Hall–Kier alpha value is -0.870. The van der Waals surface area contributed by atoms with Gasteiger partial charge in [-0.05, 0) is 81.4 Å². The lowest BCUT2D eigenvalue weighted by atomic mass is 9.77. The molecule has 1 amide bonds. The molecule has 2 aliphatic heterocycles. The maximum absolute atomic E-state index is 12.1. The Morgan fingerprint density at radius 2 is 1.58 bits per heavy atom. The van der Waals surface area contributed by atoms with Gasteiger partial charge in [-0.2, -0.15) is 0 Å². The Morgan fingerprint density at radius 1 is 1.08 bits per heavy atom. The molecular formula is C20H37N3O. The molecule has 1 saturated heterocycles. The highest BCUT2D eigenvalue weighted by atomic mass is 16.1. The minimum absolute atomic E-state index is 0.0325. The molecule has 0 radical (unpaired) electrons. The summed E-state index contributed by atoms with van der Waals surface area (Å²) < 4.78 is 0. The number of nitrogens with one attached hydrogen (secondary N) is 1. The van der Waals surface area contributed by atoms with Crippen LogP contribution < -0.4 is 5.32 Å². The molecule has 2 aliphatic rings. The highest BCUT2D eigenvalue weighted by molar-refractivity contribution is 5.53. The normalized spacial score (nSPS) is 29.0. The van der Waals surface area contributed by atoms with Gasteiger partial charge in [-0.3, -0.25) is 9.69 Å². The molecule has 2 rings (SSSR count). The third kappa shape index (κ3) is 3.85. The molecule has 0 spiro atoms. The van der Waals surface area contributed by atoms with Gasteiger partial charge in [0.1, 0.15) is 0 Å². The summed E-state index contributed by atoms with van der Waals surface area (Å²) >= 11 is 0. The van der Waals surface area contributed by atoms with Crippen LogP contribution in [0.4, 0.5) is 0 Å². The lowest BCUT2D eigenvalue weighted by Crippen LogP contribution is -2.63. The van der Waals surface area contributed by atoms with Crippen LogP contribution in [0.3, 0.4) is 0 Å². The first-order valence-corrected chi connectivity index (χ1v) is 9.18. The van der Waals surface area contributed by atoms with Gasteiger partial charge in [0.25, 0.3) is 0 Å². The minimum Gasteiger partial charge on any atom is -0.316 e. The van der Waals surface area contributed by atoms with Crippen molar-refractivity contribution in [1.82, 2.24) is 15.1 Å². The third-order valence-electron chi connectivity index (χ3n) is 5.91. The molecular weight excluding hydrogens is 298 g/mol. The fourth-order valence-electron chi connectivity index (χ4n) is 4.92. The summed E-state index contributed by atoms with van der Waals surface area (Å²) in [6, 6.07) is 0.245. The second kappa shape index (κ2) is 5.84. The monoisotopic (exact) mass is 335 g/mol. The Kier molecular flexibility index (Phi) is 4.73. The van der Waals surface area contributed by atoms with Gasteiger partial charge in [0, 0.05) is 40.3 Å². The summed E-state index contributed by atoms with van der Waals surface area (Å²) in [4.78, 5) is 16.5. The van der Waals surface area contributed by atoms with Crippen molar-refractivity contribution in [2.75, 3.05) is 7.05 Å². The second-order valence-electron chi connectivity index (χ2n) is 10.3. The predicted octanol–water partition coefficient (Wildman–Crippen LogP) is 3.53. The van der Waals surface area contributed by atoms with Crippen molar-refractivity contribution in [3.63, 3.8) is 0 Å². The lowest BCUT2D eigenvalue weighted by Gasteiger charge is -2.53. The minimum atomic E-state index is -0.0592. The zero-order chi connectivity index (χ0) is 18.6. The molecule has 4 nitrogen and oxygen atoms in total. The number of rotatable bonds is 3. The summed E-state index contributed by atoms with van der Waals surface area (Å²) in [5.41, 5.74) is 1.22. The van der Waals surface area contributed by atoms with Gasteiger partial charge < -0.3 is 10.2 Å². The number of carbonyl (C=O) groups is 1. The average molecular weight is 336 g/mol. The van der Waals surface area contributed by atoms with Crippen molar-refractivity contribution in [2.24, 2.45) is 0 Å². The van der Waals surface area contributed by atoms with Gasteiger partial charge in [-0.1, -0.05) is 0 Å². The fourth-order valence-corrected chi connectivity index (χ4v) is 4.92. The molecule has 0 bridgehead atoms. The van der Waals surface area contributed by atoms with E-state index in [0.717, 1.165) is 25.7 Å². The molecule has 0 atom stereocenters. The number of carbonyl (C=O) groups excluding carboxylic acids is 1. The number of hydrogen-bond donors (Lipinski definition) is 1. The maximum Gasteiger partial charge on any atom is 0.214 e. The Balaban J connectivity index is 2.36. The van der Waals surface area contributed by atoms with Crippen molar-refractivity contribution in [3.05, 3.63) is 11.8 Å². The smallest absolute Gasteiger partial charge is 0.214 e. The van der Waals surface area contributed by atoms with E-state index in [9.17, 15) is 4.79 Å². The van der Waals surface area contributed by atoms with Gasteiger partial charge >= 0.3 is 0 Å². The number of hydrogen-bond acceptors (Lipinski definition) is 3. The fraction of sp³-hybridized carbons (Fsp3) is 0.850. The van der Waals surface area contributed by atoms with Gasteiger partial charge in [0.2, 0.25) is 6.41 Å². The van der Waals surface area contributed by atoms with E-state index in [-0.39, 0.29) is 28.2 Å². The van der Waals surface area contributed by atoms with E-state index >= 15 is 0 Å². The molecule has 4 heteroatoms. The van der Waals surface area contributed by atoms with Crippen LogP contribution in [0.2, 0.25) is 0 Å². The molecule has 0 unspecified atom stereocenters. The molecule has 1 N–H and O–H groups in total. The van der Waals surface area contributed by atoms with E-state index in [4.69, 9.17) is 0 Å². The van der Waals surface area contributed by atoms with Crippen LogP contribution in [-0.2, 0) is 4.79 Å². The molecule has 0 aliphatic carbocycles. The van der Waals surface area contributed by atoms with Crippen molar-refractivity contribution >= 4 is 6.41 Å². The average Bonchev–Trinajstić information content (AvgIpc) is 2.32. The van der Waals surface area contributed by atoms with Crippen LogP contribution in [0, 0.1) is 0 Å². The maximum atomic E-state index is 12.1. The van der Waals surface area contributed by atoms with Crippen molar-refractivity contribution < 1.29 is 4.79 Å². The molecule has 2 heterocycles. The standard InChI is InChI=1S/C20H37N3O/c1-17(2)10-15(11-18(3,4)21-17)23(14-24)16-12-19(5,6)22(9)20(7,8)13-16/h12,14-15,21H,10-11,13H2,1-9H3. The quantitative estimate of drug-likeness (QED) is 0.802. The molecule has 138 valence electrons. The summed E-state index contributed by atoms with van der Waals surface area (Å²) in [6.07, 6.45) is 6.20. The van der Waals surface area contributed by atoms with Gasteiger partial charge in [-0.25, -0.2) is 0 Å². The van der Waals surface area contributed by atoms with Crippen LogP contribution in [0.1, 0.15) is 74.7 Å². The van der Waals surface area contributed by atoms with Crippen molar-refractivity contribution in [1.29, 1.82) is 0 Å². The van der Waals surface area contributed by atoms with E-state index in [1.807, 2.05) is 4.90 Å². The van der Waals surface area contributed by atoms with E-state index in [0.29, 0.717) is 0 Å². The van der Waals surface area contributed by atoms with Crippen LogP contribution in [-0.4, -0.2) is 51.5 Å². The SMILES string of the molecule is CN1C(C)(C)C=C(N(C=O)C2CC(C)(C)NC(C)(C)C2)CC1(C)C. The lowest BCUT2D eigenvalue weighted by molar-refractivity contribution is -0.120. The zero-order valence-electron chi connectivity index (χ0n) is 17.2. The molecule has 0 aromatic heterocycles. The first-order chi connectivity index (χ1) is 10.7. The molecule has 0 aromatic carbocycles. The van der Waals surface area contributed by atoms with Crippen LogP contribution in [0.15, 0.2) is 11.8 Å². The summed E-state index contributed by atoms with van der Waals surface area (Å²) in [7, 11) is 2.18. The second-order valence-corrected chi connectivity index (χ2v) is 10.3. The number of amides is 1. The Bertz CT molecular complexity index is 515. The number of likely N-dealkylation sites (N-methyl/N-ethyl adjacent to an activating group) is 1. The number of piperidine rings is 1. The predicted molar refractivity (Wildman–Crippen MR) is 101 cm³/mol. The summed E-state index contributed by atoms with van der Waals surface area (Å²) in [5, 5.41) is 3.71. The zero-order valence-corrected chi connectivity index (χ0v) is 17.2. The van der Waals surface area contributed by atoms with Crippen molar-refractivity contribution in [3.8, 4) is 0 Å². The summed E-state index contributed by atoms with van der Waals surface area (Å²) in [6.45, 7) is 17.9. The molecule has 0 saturated carbocycles. The van der Waals surface area contributed by atoms with E-state index < -0.39 is 0 Å². The molecule has 24 heavy (non-hydrogen) atoms. The van der Waals surface area contributed by atoms with Crippen LogP contribution in [0.25, 0.3) is 0 Å². The van der Waals surface area contributed by atoms with Gasteiger partial charge in [0.05, 0.1) is 0 Å². The summed E-state index contributed by atoms with van der Waals surface area (Å²) in [5.74, 6) is 0. The largest absolute Gasteiger partial charge is 0.316 e. The topological polar surface area (TPSA) is 35.6 Å². The van der Waals surface area contributed by atoms with Gasteiger partial charge in [-0.15, -0.1) is 0 Å². The third-order valence-corrected chi connectivity index (χ3v) is 5.91. The Labute approximate surface area is 148 Å². The highest BCUT2D eigenvalue weighted by Crippen LogP contribution is 2.40. The first-order valence-electron chi connectivity index (χ1n) is 9.18. The van der Waals surface area contributed by atoms with Gasteiger partial charge in [0.15, 0.2) is 0 Å². The Morgan fingerprint density at radius 3 is 2.00 bits per heavy atom. The first kappa shape index (κ1) is 19.5. The molecule has 0 aromatic rings. The van der Waals surface area contributed by atoms with Crippen LogP contribution >= 0.6 is 0 Å². The highest BCUT2D eigenvalue weighted by Gasteiger charge is 2.44. The van der Waals surface area contributed by atoms with E-state index in [1.165, 1.54) is 5.70 Å². The van der Waals surface area contributed by atoms with E-state index in [1.54, 1.807) is 0 Å². The molecule has 1 fully saturated rings.